The van der Waals surface area contributed by atoms with Gasteiger partial charge in [0, 0.05) is 30.7 Å². The zero-order valence-electron chi connectivity index (χ0n) is 12.0. The molecule has 0 radical (unpaired) electrons. The summed E-state index contributed by atoms with van der Waals surface area (Å²) >= 11 is 0. The van der Waals surface area contributed by atoms with Crippen LogP contribution in [0.2, 0.25) is 0 Å². The van der Waals surface area contributed by atoms with Crippen molar-refractivity contribution in [2.75, 3.05) is 31.2 Å². The third kappa shape index (κ3) is 2.17. The summed E-state index contributed by atoms with van der Waals surface area (Å²) in [5, 5.41) is 0.597. The predicted octanol–water partition coefficient (Wildman–Crippen LogP) is 1.55. The number of ether oxygens (including phenoxy) is 1. The second-order valence-corrected chi connectivity index (χ2v) is 5.27. The van der Waals surface area contributed by atoms with Crippen molar-refractivity contribution < 1.29 is 4.74 Å². The Morgan fingerprint density at radius 3 is 2.55 bits per heavy atom. The van der Waals surface area contributed by atoms with E-state index in [1.165, 1.54) is 12.0 Å². The van der Waals surface area contributed by atoms with Gasteiger partial charge in [-0.25, -0.2) is 4.98 Å². The van der Waals surface area contributed by atoms with Crippen molar-refractivity contribution in [3.8, 4) is 5.69 Å². The maximum atomic E-state index is 11.8. The number of anilines is 1. The number of H-pyrrole nitrogens is 1. The Morgan fingerprint density at radius 1 is 1.05 bits per heavy atom. The summed E-state index contributed by atoms with van der Waals surface area (Å²) in [6.45, 7) is 3.39. The average molecular weight is 296 g/mol. The maximum Gasteiger partial charge on any atom is 0.260 e. The number of rotatable bonds is 2. The van der Waals surface area contributed by atoms with Gasteiger partial charge in [0.1, 0.15) is 0 Å². The van der Waals surface area contributed by atoms with Gasteiger partial charge in [-0.05, 0) is 30.3 Å². The van der Waals surface area contributed by atoms with E-state index < -0.39 is 0 Å². The molecule has 22 heavy (non-hydrogen) atoms. The molecular formula is C16H16N4O2. The summed E-state index contributed by atoms with van der Waals surface area (Å²) < 4.78 is 7.30. The fourth-order valence-electron chi connectivity index (χ4n) is 2.82. The van der Waals surface area contributed by atoms with E-state index in [2.05, 4.69) is 27.0 Å². The summed E-state index contributed by atoms with van der Waals surface area (Å²) in [5.74, 6) is 0. The number of hydrogen-bond acceptors (Lipinski definition) is 4. The van der Waals surface area contributed by atoms with Gasteiger partial charge in [0.25, 0.3) is 5.56 Å². The SMILES string of the molecule is O=c1[nH]cnc2c1ccn2-c1ccc(N2CCOCC2)cc1. The molecular weight excluding hydrogens is 280 g/mol. The van der Waals surface area contributed by atoms with Crippen LogP contribution in [0.15, 0.2) is 47.7 Å². The molecule has 3 heterocycles. The number of aromatic nitrogens is 3. The number of aromatic amines is 1. The lowest BCUT2D eigenvalue weighted by Gasteiger charge is -2.28. The van der Waals surface area contributed by atoms with Crippen LogP contribution >= 0.6 is 0 Å². The van der Waals surface area contributed by atoms with Crippen molar-refractivity contribution in [1.29, 1.82) is 0 Å². The molecule has 0 bridgehead atoms. The van der Waals surface area contributed by atoms with Gasteiger partial charge >= 0.3 is 0 Å². The minimum Gasteiger partial charge on any atom is -0.378 e. The largest absolute Gasteiger partial charge is 0.378 e. The predicted molar refractivity (Wildman–Crippen MR) is 84.7 cm³/mol. The molecule has 0 saturated carbocycles. The van der Waals surface area contributed by atoms with E-state index in [1.54, 1.807) is 6.07 Å². The molecule has 4 rings (SSSR count). The molecule has 6 nitrogen and oxygen atoms in total. The molecule has 0 spiro atoms. The highest BCUT2D eigenvalue weighted by atomic mass is 16.5. The zero-order valence-corrected chi connectivity index (χ0v) is 12.0. The van der Waals surface area contributed by atoms with Gasteiger partial charge in [0.15, 0.2) is 5.65 Å². The molecule has 3 aromatic rings. The third-order valence-corrected chi connectivity index (χ3v) is 3.99. The van der Waals surface area contributed by atoms with Gasteiger partial charge in [0.05, 0.1) is 24.9 Å². The summed E-state index contributed by atoms with van der Waals surface area (Å²) in [5.41, 5.74) is 2.73. The third-order valence-electron chi connectivity index (χ3n) is 3.99. The standard InChI is InChI=1S/C16H16N4O2/c21-16-14-5-6-20(15(14)17-11-18-16)13-3-1-12(2-4-13)19-7-9-22-10-8-19/h1-6,11H,7-10H2,(H,17,18,21). The Kier molecular flexibility index (Phi) is 3.16. The smallest absolute Gasteiger partial charge is 0.260 e. The molecule has 1 fully saturated rings. The van der Waals surface area contributed by atoms with Crippen LogP contribution in [0.4, 0.5) is 5.69 Å². The Morgan fingerprint density at radius 2 is 1.77 bits per heavy atom. The van der Waals surface area contributed by atoms with Crippen molar-refractivity contribution in [3.05, 3.63) is 53.2 Å². The molecule has 1 aromatic carbocycles. The van der Waals surface area contributed by atoms with Crippen LogP contribution in [0.1, 0.15) is 0 Å². The van der Waals surface area contributed by atoms with E-state index in [0.717, 1.165) is 32.0 Å². The van der Waals surface area contributed by atoms with Crippen LogP contribution in [0.3, 0.4) is 0 Å². The Balaban J connectivity index is 1.70. The lowest BCUT2D eigenvalue weighted by molar-refractivity contribution is 0.122. The zero-order chi connectivity index (χ0) is 14.9. The van der Waals surface area contributed by atoms with Crippen LogP contribution < -0.4 is 10.5 Å². The molecule has 1 aliphatic rings. The minimum atomic E-state index is -0.117. The van der Waals surface area contributed by atoms with Gasteiger partial charge in [-0.1, -0.05) is 0 Å². The minimum absolute atomic E-state index is 0.117. The van der Waals surface area contributed by atoms with Crippen molar-refractivity contribution in [2.24, 2.45) is 0 Å². The van der Waals surface area contributed by atoms with Crippen LogP contribution in [0.25, 0.3) is 16.7 Å². The van der Waals surface area contributed by atoms with Crippen molar-refractivity contribution in [3.63, 3.8) is 0 Å². The van der Waals surface area contributed by atoms with E-state index in [1.807, 2.05) is 22.9 Å². The number of morpholine rings is 1. The van der Waals surface area contributed by atoms with E-state index in [-0.39, 0.29) is 5.56 Å². The normalized spacial score (nSPS) is 15.4. The molecule has 0 amide bonds. The first-order valence-electron chi connectivity index (χ1n) is 7.31. The van der Waals surface area contributed by atoms with Gasteiger partial charge in [-0.15, -0.1) is 0 Å². The Labute approximate surface area is 127 Å². The first-order valence-corrected chi connectivity index (χ1v) is 7.31. The van der Waals surface area contributed by atoms with Gasteiger partial charge in [-0.2, -0.15) is 0 Å². The molecule has 1 N–H and O–H groups in total. The average Bonchev–Trinajstić information content (AvgIpc) is 3.01. The molecule has 0 unspecified atom stereocenters. The first kappa shape index (κ1) is 13.1. The van der Waals surface area contributed by atoms with Crippen LogP contribution in [0, 0.1) is 0 Å². The lowest BCUT2D eigenvalue weighted by atomic mass is 10.2. The topological polar surface area (TPSA) is 63.2 Å². The fraction of sp³-hybridized carbons (Fsp3) is 0.250. The molecule has 0 atom stereocenters. The molecule has 1 saturated heterocycles. The molecule has 112 valence electrons. The highest BCUT2D eigenvalue weighted by molar-refractivity contribution is 5.76. The summed E-state index contributed by atoms with van der Waals surface area (Å²) in [7, 11) is 0. The molecule has 2 aromatic heterocycles. The molecule has 1 aliphatic heterocycles. The van der Waals surface area contributed by atoms with Crippen LogP contribution in [0.5, 0.6) is 0 Å². The summed E-state index contributed by atoms with van der Waals surface area (Å²) in [6, 6.07) is 10.1. The number of benzene rings is 1. The fourth-order valence-corrected chi connectivity index (χ4v) is 2.82. The number of fused-ring (bicyclic) bond motifs is 1. The van der Waals surface area contributed by atoms with Crippen molar-refractivity contribution in [1.82, 2.24) is 14.5 Å². The number of nitrogens with zero attached hydrogens (tertiary/aromatic N) is 3. The van der Waals surface area contributed by atoms with Crippen molar-refractivity contribution in [2.45, 2.75) is 0 Å². The van der Waals surface area contributed by atoms with E-state index in [0.29, 0.717) is 11.0 Å². The highest BCUT2D eigenvalue weighted by Gasteiger charge is 2.12. The van der Waals surface area contributed by atoms with Crippen LogP contribution in [-0.4, -0.2) is 40.8 Å². The first-order chi connectivity index (χ1) is 10.8. The van der Waals surface area contributed by atoms with Gasteiger partial charge < -0.3 is 19.2 Å². The molecule has 0 aliphatic carbocycles. The number of hydrogen-bond donors (Lipinski definition) is 1. The van der Waals surface area contributed by atoms with E-state index in [4.69, 9.17) is 4.74 Å². The summed E-state index contributed by atoms with van der Waals surface area (Å²) in [4.78, 5) is 20.9. The van der Waals surface area contributed by atoms with E-state index >= 15 is 0 Å². The Bertz CT molecular complexity index is 844. The highest BCUT2D eigenvalue weighted by Crippen LogP contribution is 2.21. The van der Waals surface area contributed by atoms with Gasteiger partial charge in [0.2, 0.25) is 0 Å². The quantitative estimate of drug-likeness (QED) is 0.779. The van der Waals surface area contributed by atoms with Crippen molar-refractivity contribution >= 4 is 16.7 Å². The second-order valence-electron chi connectivity index (χ2n) is 5.27. The summed E-state index contributed by atoms with van der Waals surface area (Å²) in [6.07, 6.45) is 3.31. The number of nitrogens with one attached hydrogen (secondary N) is 1. The van der Waals surface area contributed by atoms with Crippen LogP contribution in [-0.2, 0) is 4.74 Å². The lowest BCUT2D eigenvalue weighted by Crippen LogP contribution is -2.36. The second kappa shape index (κ2) is 5.31. The molecule has 6 heteroatoms. The van der Waals surface area contributed by atoms with Gasteiger partial charge in [-0.3, -0.25) is 4.79 Å². The Hall–Kier alpha value is -2.60. The maximum absolute atomic E-state index is 11.8. The monoisotopic (exact) mass is 296 g/mol. The van der Waals surface area contributed by atoms with E-state index in [9.17, 15) is 4.79 Å².